The van der Waals surface area contributed by atoms with Gasteiger partial charge in [-0.05, 0) is 42.3 Å². The molecule has 1 aliphatic heterocycles. The molecule has 0 spiro atoms. The summed E-state index contributed by atoms with van der Waals surface area (Å²) in [6, 6.07) is 21.4. The van der Waals surface area contributed by atoms with Crippen LogP contribution < -0.4 is 9.47 Å². The average molecular weight is 421 g/mol. The van der Waals surface area contributed by atoms with Gasteiger partial charge in [0.1, 0.15) is 17.3 Å². The topological polar surface area (TPSA) is 24.9 Å². The summed E-state index contributed by atoms with van der Waals surface area (Å²) in [5, 5.41) is 0. The third-order valence-electron chi connectivity index (χ3n) is 6.05. The van der Waals surface area contributed by atoms with E-state index in [0.717, 1.165) is 36.7 Å². The molecular weight excluding hydrogens is 391 g/mol. The minimum Gasteiger partial charge on any atom is -0.497 e. The van der Waals surface area contributed by atoms with Crippen molar-refractivity contribution in [3.63, 3.8) is 0 Å². The van der Waals surface area contributed by atoms with Crippen molar-refractivity contribution in [3.05, 3.63) is 94.8 Å². The molecule has 3 aromatic rings. The highest BCUT2D eigenvalue weighted by atomic mass is 19.1. The van der Waals surface area contributed by atoms with Crippen molar-refractivity contribution in [1.82, 2.24) is 9.80 Å². The number of methoxy groups -OCH3 is 2. The highest BCUT2D eigenvalue weighted by molar-refractivity contribution is 5.43. The largest absolute Gasteiger partial charge is 0.497 e. The standard InChI is InChI=1S/C26H29FN2O2/c1-19-8-4-5-9-20(19)17-28-14-15-29(18-21-10-6-7-11-24(21)27)26(28)23-16-22(30-2)12-13-25(23)31-3/h4-13,16,26H,14-15,17-18H2,1-3H3/t26-/m1/s1. The SMILES string of the molecule is COc1ccc(OC)c([C@@H]2N(Cc3ccccc3C)CCN2Cc2ccccc2F)c1. The van der Waals surface area contributed by atoms with Gasteiger partial charge in [0.25, 0.3) is 0 Å². The second-order valence-electron chi connectivity index (χ2n) is 7.94. The second-order valence-corrected chi connectivity index (χ2v) is 7.94. The van der Waals surface area contributed by atoms with Crippen LogP contribution in [0.3, 0.4) is 0 Å². The monoisotopic (exact) mass is 420 g/mol. The maximum Gasteiger partial charge on any atom is 0.127 e. The number of ether oxygens (including phenoxy) is 2. The van der Waals surface area contributed by atoms with Crippen molar-refractivity contribution in [2.75, 3.05) is 27.3 Å². The zero-order valence-electron chi connectivity index (χ0n) is 18.3. The Morgan fingerprint density at radius 3 is 2.13 bits per heavy atom. The van der Waals surface area contributed by atoms with Gasteiger partial charge in [-0.25, -0.2) is 4.39 Å². The maximum atomic E-state index is 14.4. The van der Waals surface area contributed by atoms with E-state index in [1.165, 1.54) is 17.2 Å². The molecule has 0 unspecified atom stereocenters. The van der Waals surface area contributed by atoms with Crippen LogP contribution in [0.25, 0.3) is 0 Å². The zero-order valence-corrected chi connectivity index (χ0v) is 18.3. The molecule has 1 saturated heterocycles. The van der Waals surface area contributed by atoms with Crippen LogP contribution >= 0.6 is 0 Å². The molecule has 0 aliphatic carbocycles. The summed E-state index contributed by atoms with van der Waals surface area (Å²) in [6.07, 6.45) is -0.0516. The summed E-state index contributed by atoms with van der Waals surface area (Å²) in [4.78, 5) is 4.74. The van der Waals surface area contributed by atoms with E-state index in [1.54, 1.807) is 20.3 Å². The van der Waals surface area contributed by atoms with Gasteiger partial charge in [0.15, 0.2) is 0 Å². The summed E-state index contributed by atoms with van der Waals surface area (Å²) in [5.41, 5.74) is 4.30. The molecule has 0 amide bonds. The molecule has 0 aromatic heterocycles. The molecular formula is C26H29FN2O2. The van der Waals surface area contributed by atoms with Gasteiger partial charge in [-0.3, -0.25) is 9.80 Å². The Hall–Kier alpha value is -2.89. The van der Waals surface area contributed by atoms with Crippen molar-refractivity contribution in [1.29, 1.82) is 0 Å². The minimum absolute atomic E-state index is 0.0516. The van der Waals surface area contributed by atoms with Crippen LogP contribution in [-0.2, 0) is 13.1 Å². The first-order valence-corrected chi connectivity index (χ1v) is 10.6. The lowest BCUT2D eigenvalue weighted by atomic mass is 10.1. The average Bonchev–Trinajstić information content (AvgIpc) is 3.18. The van der Waals surface area contributed by atoms with Crippen LogP contribution in [0.4, 0.5) is 4.39 Å². The number of hydrogen-bond donors (Lipinski definition) is 0. The normalized spacial score (nSPS) is 17.1. The predicted octanol–water partition coefficient (Wildman–Crippen LogP) is 5.17. The number of benzene rings is 3. The molecule has 1 heterocycles. The molecule has 0 radical (unpaired) electrons. The first-order valence-electron chi connectivity index (χ1n) is 10.6. The molecule has 4 nitrogen and oxygen atoms in total. The van der Waals surface area contributed by atoms with E-state index in [0.29, 0.717) is 12.1 Å². The van der Waals surface area contributed by atoms with Crippen LogP contribution in [0.15, 0.2) is 66.7 Å². The summed E-state index contributed by atoms with van der Waals surface area (Å²) in [6.45, 7) is 5.20. The van der Waals surface area contributed by atoms with Crippen molar-refractivity contribution >= 4 is 0 Å². The third-order valence-corrected chi connectivity index (χ3v) is 6.05. The Labute approximate surface area is 183 Å². The van der Waals surface area contributed by atoms with E-state index in [-0.39, 0.29) is 12.0 Å². The van der Waals surface area contributed by atoms with Gasteiger partial charge in [0.2, 0.25) is 0 Å². The highest BCUT2D eigenvalue weighted by Crippen LogP contribution is 2.39. The molecule has 1 atom stereocenters. The lowest BCUT2D eigenvalue weighted by Crippen LogP contribution is -2.31. The fourth-order valence-corrected chi connectivity index (χ4v) is 4.35. The molecule has 0 bridgehead atoms. The first kappa shape index (κ1) is 21.3. The Bertz CT molecular complexity index is 984. The van der Waals surface area contributed by atoms with E-state index in [9.17, 15) is 4.39 Å². The van der Waals surface area contributed by atoms with Crippen molar-refractivity contribution in [3.8, 4) is 11.5 Å². The van der Waals surface area contributed by atoms with Crippen LogP contribution in [0.5, 0.6) is 11.5 Å². The minimum atomic E-state index is -0.170. The van der Waals surface area contributed by atoms with Gasteiger partial charge in [0, 0.05) is 37.3 Å². The molecule has 31 heavy (non-hydrogen) atoms. The second kappa shape index (κ2) is 9.50. The molecule has 162 valence electrons. The molecule has 1 aliphatic rings. The van der Waals surface area contributed by atoms with Crippen LogP contribution in [0, 0.1) is 12.7 Å². The summed E-state index contributed by atoms with van der Waals surface area (Å²) < 4.78 is 25.7. The van der Waals surface area contributed by atoms with E-state index in [2.05, 4.69) is 41.0 Å². The molecule has 0 saturated carbocycles. The molecule has 1 fully saturated rings. The van der Waals surface area contributed by atoms with Crippen molar-refractivity contribution in [2.24, 2.45) is 0 Å². The molecule has 4 rings (SSSR count). The Balaban J connectivity index is 1.72. The third kappa shape index (κ3) is 4.58. The number of rotatable bonds is 7. The maximum absolute atomic E-state index is 14.4. The lowest BCUT2D eigenvalue weighted by molar-refractivity contribution is 0.121. The van der Waals surface area contributed by atoms with Gasteiger partial charge in [-0.2, -0.15) is 0 Å². The molecule has 0 N–H and O–H groups in total. The van der Waals surface area contributed by atoms with Gasteiger partial charge in [-0.15, -0.1) is 0 Å². The van der Waals surface area contributed by atoms with Crippen molar-refractivity contribution < 1.29 is 13.9 Å². The number of nitrogens with zero attached hydrogens (tertiary/aromatic N) is 2. The fourth-order valence-electron chi connectivity index (χ4n) is 4.35. The van der Waals surface area contributed by atoms with Gasteiger partial charge < -0.3 is 9.47 Å². The molecule has 5 heteroatoms. The Morgan fingerprint density at radius 1 is 0.839 bits per heavy atom. The number of halogens is 1. The fraction of sp³-hybridized carbons (Fsp3) is 0.308. The highest BCUT2D eigenvalue weighted by Gasteiger charge is 2.35. The van der Waals surface area contributed by atoms with Crippen LogP contribution in [0.2, 0.25) is 0 Å². The van der Waals surface area contributed by atoms with Gasteiger partial charge in [-0.1, -0.05) is 42.5 Å². The predicted molar refractivity (Wildman–Crippen MR) is 121 cm³/mol. The van der Waals surface area contributed by atoms with Crippen molar-refractivity contribution in [2.45, 2.75) is 26.2 Å². The van der Waals surface area contributed by atoms with Crippen LogP contribution in [0.1, 0.15) is 28.4 Å². The van der Waals surface area contributed by atoms with E-state index >= 15 is 0 Å². The number of aryl methyl sites for hydroxylation is 1. The first-order chi connectivity index (χ1) is 15.1. The van der Waals surface area contributed by atoms with E-state index < -0.39 is 0 Å². The summed E-state index contributed by atoms with van der Waals surface area (Å²) in [7, 11) is 3.36. The van der Waals surface area contributed by atoms with Gasteiger partial charge in [0.05, 0.1) is 20.4 Å². The lowest BCUT2D eigenvalue weighted by Gasteiger charge is -2.32. The summed E-state index contributed by atoms with van der Waals surface area (Å²) >= 11 is 0. The molecule has 3 aromatic carbocycles. The smallest absolute Gasteiger partial charge is 0.127 e. The zero-order chi connectivity index (χ0) is 21.8. The quantitative estimate of drug-likeness (QED) is 0.527. The summed E-state index contributed by atoms with van der Waals surface area (Å²) in [5.74, 6) is 1.42. The Morgan fingerprint density at radius 2 is 1.48 bits per heavy atom. The number of hydrogen-bond acceptors (Lipinski definition) is 4. The van der Waals surface area contributed by atoms with E-state index in [4.69, 9.17) is 9.47 Å². The Kier molecular flexibility index (Phi) is 6.54. The van der Waals surface area contributed by atoms with Gasteiger partial charge >= 0.3 is 0 Å². The van der Waals surface area contributed by atoms with Crippen LogP contribution in [-0.4, -0.2) is 37.1 Å². The van der Waals surface area contributed by atoms with E-state index in [1.807, 2.05) is 30.3 Å².